The lowest BCUT2D eigenvalue weighted by atomic mass is 10.1. The summed E-state index contributed by atoms with van der Waals surface area (Å²) in [6.07, 6.45) is 2.98. The third kappa shape index (κ3) is 2.94. The number of likely N-dealkylation sites (N-methyl/N-ethyl adjacent to an activating group) is 1. The van der Waals surface area contributed by atoms with E-state index in [2.05, 4.69) is 29.2 Å². The third-order valence-corrected chi connectivity index (χ3v) is 3.33. The molecule has 0 saturated carbocycles. The van der Waals surface area contributed by atoms with Gasteiger partial charge in [-0.1, -0.05) is 11.6 Å². The minimum absolute atomic E-state index is 0.331. The normalized spacial score (nSPS) is 23.6. The molecule has 0 spiro atoms. The highest BCUT2D eigenvalue weighted by Crippen LogP contribution is 2.17. The molecule has 0 aliphatic carbocycles. The van der Waals surface area contributed by atoms with Crippen LogP contribution < -0.4 is 5.32 Å². The van der Waals surface area contributed by atoms with Crippen molar-refractivity contribution < 1.29 is 0 Å². The van der Waals surface area contributed by atoms with Crippen LogP contribution in [0, 0.1) is 0 Å². The lowest BCUT2D eigenvalue weighted by Gasteiger charge is -2.19. The molecule has 0 bridgehead atoms. The van der Waals surface area contributed by atoms with Gasteiger partial charge >= 0.3 is 0 Å². The molecule has 4 heteroatoms. The van der Waals surface area contributed by atoms with Crippen LogP contribution in [0.2, 0.25) is 5.15 Å². The lowest BCUT2D eigenvalue weighted by molar-refractivity contribution is 0.387. The van der Waals surface area contributed by atoms with E-state index in [1.165, 1.54) is 18.5 Å². The fraction of sp³-hybridized carbons (Fsp3) is 0.583. The molecule has 16 heavy (non-hydrogen) atoms. The number of aromatic nitrogens is 1. The predicted molar refractivity (Wildman–Crippen MR) is 66.7 cm³/mol. The number of likely N-dealkylation sites (tertiary alicyclic amines) is 1. The van der Waals surface area contributed by atoms with E-state index in [-0.39, 0.29) is 0 Å². The second-order valence-corrected chi connectivity index (χ2v) is 4.94. The first-order valence-corrected chi connectivity index (χ1v) is 6.09. The van der Waals surface area contributed by atoms with Crippen LogP contribution >= 0.6 is 11.6 Å². The van der Waals surface area contributed by atoms with E-state index in [1.807, 2.05) is 12.1 Å². The average Bonchev–Trinajstić information content (AvgIpc) is 2.64. The smallest absolute Gasteiger partial charge is 0.129 e. The summed E-state index contributed by atoms with van der Waals surface area (Å²) >= 11 is 5.88. The van der Waals surface area contributed by atoms with Crippen molar-refractivity contribution in [1.82, 2.24) is 15.2 Å². The molecule has 0 aromatic carbocycles. The first-order chi connectivity index (χ1) is 7.65. The molecule has 1 aliphatic heterocycles. The van der Waals surface area contributed by atoms with Crippen molar-refractivity contribution in [3.05, 3.63) is 29.0 Å². The summed E-state index contributed by atoms with van der Waals surface area (Å²) in [6.45, 7) is 4.48. The van der Waals surface area contributed by atoms with Gasteiger partial charge in [-0.2, -0.15) is 0 Å². The van der Waals surface area contributed by atoms with E-state index >= 15 is 0 Å². The SMILES string of the molecule is CC(NC1CCN(C)C1)c1ccnc(Cl)c1. The maximum atomic E-state index is 5.88. The van der Waals surface area contributed by atoms with Gasteiger partial charge in [0.2, 0.25) is 0 Å². The second kappa shape index (κ2) is 5.13. The largest absolute Gasteiger partial charge is 0.306 e. The van der Waals surface area contributed by atoms with Gasteiger partial charge in [0.25, 0.3) is 0 Å². The number of halogens is 1. The molecule has 1 saturated heterocycles. The van der Waals surface area contributed by atoms with Crippen molar-refractivity contribution in [3.8, 4) is 0 Å². The number of hydrogen-bond donors (Lipinski definition) is 1. The lowest BCUT2D eigenvalue weighted by Crippen LogP contribution is -2.33. The number of rotatable bonds is 3. The van der Waals surface area contributed by atoms with Gasteiger partial charge in [-0.25, -0.2) is 4.98 Å². The van der Waals surface area contributed by atoms with Crippen molar-refractivity contribution in [2.75, 3.05) is 20.1 Å². The summed E-state index contributed by atoms with van der Waals surface area (Å²) in [5, 5.41) is 4.19. The number of nitrogens with zero attached hydrogens (tertiary/aromatic N) is 2. The standard InChI is InChI=1S/C12H18ClN3/c1-9(10-3-5-14-12(13)7-10)15-11-4-6-16(2)8-11/h3,5,7,9,11,15H,4,6,8H2,1-2H3. The summed E-state index contributed by atoms with van der Waals surface area (Å²) in [5.41, 5.74) is 1.20. The molecule has 2 unspecified atom stereocenters. The van der Waals surface area contributed by atoms with E-state index in [0.717, 1.165) is 6.54 Å². The summed E-state index contributed by atoms with van der Waals surface area (Å²) in [7, 11) is 2.16. The van der Waals surface area contributed by atoms with Crippen LogP contribution in [-0.2, 0) is 0 Å². The van der Waals surface area contributed by atoms with Crippen LogP contribution in [0.25, 0.3) is 0 Å². The predicted octanol–water partition coefficient (Wildman–Crippen LogP) is 2.09. The molecule has 2 atom stereocenters. The van der Waals surface area contributed by atoms with Crippen molar-refractivity contribution >= 4 is 11.6 Å². The zero-order valence-corrected chi connectivity index (χ0v) is 10.5. The van der Waals surface area contributed by atoms with Gasteiger partial charge in [0.15, 0.2) is 0 Å². The molecule has 1 fully saturated rings. The Bertz CT molecular complexity index is 356. The molecule has 2 rings (SSSR count). The topological polar surface area (TPSA) is 28.2 Å². The molecule has 2 heterocycles. The van der Waals surface area contributed by atoms with Gasteiger partial charge in [0, 0.05) is 24.8 Å². The van der Waals surface area contributed by atoms with Crippen molar-refractivity contribution in [1.29, 1.82) is 0 Å². The Hall–Kier alpha value is -0.640. The molecular weight excluding hydrogens is 222 g/mol. The molecule has 0 amide bonds. The zero-order valence-electron chi connectivity index (χ0n) is 9.78. The van der Waals surface area contributed by atoms with Crippen LogP contribution in [0.4, 0.5) is 0 Å². The summed E-state index contributed by atoms with van der Waals surface area (Å²) in [6, 6.07) is 4.86. The van der Waals surface area contributed by atoms with E-state index < -0.39 is 0 Å². The van der Waals surface area contributed by atoms with Gasteiger partial charge in [-0.3, -0.25) is 0 Å². The van der Waals surface area contributed by atoms with Gasteiger partial charge < -0.3 is 10.2 Å². The molecule has 1 aliphatic rings. The molecule has 3 nitrogen and oxygen atoms in total. The number of nitrogens with one attached hydrogen (secondary N) is 1. The highest BCUT2D eigenvalue weighted by Gasteiger charge is 2.21. The van der Waals surface area contributed by atoms with Crippen LogP contribution in [0.1, 0.15) is 24.9 Å². The van der Waals surface area contributed by atoms with E-state index in [1.54, 1.807) is 6.20 Å². The highest BCUT2D eigenvalue weighted by atomic mass is 35.5. The van der Waals surface area contributed by atoms with Crippen molar-refractivity contribution in [2.24, 2.45) is 0 Å². The Morgan fingerprint density at radius 3 is 3.06 bits per heavy atom. The van der Waals surface area contributed by atoms with Crippen LogP contribution in [0.3, 0.4) is 0 Å². The van der Waals surface area contributed by atoms with Crippen molar-refractivity contribution in [2.45, 2.75) is 25.4 Å². The molecule has 88 valence electrons. The Labute approximate surface area is 102 Å². The Morgan fingerprint density at radius 2 is 2.44 bits per heavy atom. The zero-order chi connectivity index (χ0) is 11.5. The Kier molecular flexibility index (Phi) is 3.79. The quantitative estimate of drug-likeness (QED) is 0.819. The van der Waals surface area contributed by atoms with Gasteiger partial charge in [-0.15, -0.1) is 0 Å². The van der Waals surface area contributed by atoms with Gasteiger partial charge in [-0.05, 0) is 44.6 Å². The number of pyridine rings is 1. The minimum Gasteiger partial charge on any atom is -0.306 e. The third-order valence-electron chi connectivity index (χ3n) is 3.13. The minimum atomic E-state index is 0.331. The Balaban J connectivity index is 1.95. The molecular formula is C12H18ClN3. The first kappa shape index (κ1) is 11.8. The maximum absolute atomic E-state index is 5.88. The van der Waals surface area contributed by atoms with Gasteiger partial charge in [0.1, 0.15) is 5.15 Å². The summed E-state index contributed by atoms with van der Waals surface area (Å²) in [4.78, 5) is 6.35. The fourth-order valence-electron chi connectivity index (χ4n) is 2.21. The fourth-order valence-corrected chi connectivity index (χ4v) is 2.39. The molecule has 0 radical (unpaired) electrons. The molecule has 1 N–H and O–H groups in total. The van der Waals surface area contributed by atoms with E-state index in [4.69, 9.17) is 11.6 Å². The Morgan fingerprint density at radius 1 is 1.62 bits per heavy atom. The van der Waals surface area contributed by atoms with Crippen molar-refractivity contribution in [3.63, 3.8) is 0 Å². The number of hydrogen-bond acceptors (Lipinski definition) is 3. The highest BCUT2D eigenvalue weighted by molar-refractivity contribution is 6.29. The van der Waals surface area contributed by atoms with Crippen LogP contribution in [0.15, 0.2) is 18.3 Å². The summed E-state index contributed by atoms with van der Waals surface area (Å²) in [5.74, 6) is 0. The summed E-state index contributed by atoms with van der Waals surface area (Å²) < 4.78 is 0. The van der Waals surface area contributed by atoms with E-state index in [0.29, 0.717) is 17.2 Å². The second-order valence-electron chi connectivity index (χ2n) is 4.55. The van der Waals surface area contributed by atoms with Gasteiger partial charge in [0.05, 0.1) is 0 Å². The molecule has 1 aromatic heterocycles. The average molecular weight is 240 g/mol. The van der Waals surface area contributed by atoms with Crippen LogP contribution in [-0.4, -0.2) is 36.1 Å². The maximum Gasteiger partial charge on any atom is 0.129 e. The van der Waals surface area contributed by atoms with E-state index in [9.17, 15) is 0 Å². The van der Waals surface area contributed by atoms with Crippen LogP contribution in [0.5, 0.6) is 0 Å². The first-order valence-electron chi connectivity index (χ1n) is 5.71. The monoisotopic (exact) mass is 239 g/mol. The molecule has 1 aromatic rings.